The smallest absolute Gasteiger partial charge is 0.142 e. The third kappa shape index (κ3) is 3.18. The molecule has 0 aliphatic rings. The monoisotopic (exact) mass is 330 g/mol. The van der Waals surface area contributed by atoms with Crippen molar-refractivity contribution in [2.45, 2.75) is 0 Å². The average molecular weight is 330 g/mol. The fraction of sp³-hybridized carbons (Fsp3) is 0. The standard InChI is InChI=1S/C22H19OP/c23-18-10-11-19-24(20-12-4-1-5-13-20,21-14-6-2-7-15-21)22-16-8-3-9-17-22/h1-19H/b11-10+. The van der Waals surface area contributed by atoms with Gasteiger partial charge in [0, 0.05) is 0 Å². The Hall–Kier alpha value is -2.63. The van der Waals surface area contributed by atoms with Crippen molar-refractivity contribution < 1.29 is 4.79 Å². The molecular formula is C22H19OP. The molecule has 0 spiro atoms. The predicted octanol–water partition coefficient (Wildman–Crippen LogP) is 3.54. The summed E-state index contributed by atoms with van der Waals surface area (Å²) in [6.45, 7) is -1.95. The quantitative estimate of drug-likeness (QED) is 0.397. The van der Waals surface area contributed by atoms with Gasteiger partial charge in [-0.05, 0) is 28.9 Å². The lowest BCUT2D eigenvalue weighted by molar-refractivity contribution is -0.104. The highest BCUT2D eigenvalue weighted by molar-refractivity contribution is 7.94. The fourth-order valence-electron chi connectivity index (χ4n) is 2.92. The minimum Gasteiger partial charge on any atom is -0.299 e. The highest BCUT2D eigenvalue weighted by atomic mass is 31.2. The molecule has 0 amide bonds. The number of carbonyl (C=O) groups excluding carboxylic acids is 1. The first-order valence-corrected chi connectivity index (χ1v) is 9.75. The molecular weight excluding hydrogens is 311 g/mol. The van der Waals surface area contributed by atoms with Gasteiger partial charge in [0.15, 0.2) is 0 Å². The Kier molecular flexibility index (Phi) is 5.25. The number of aldehydes is 1. The van der Waals surface area contributed by atoms with Gasteiger partial charge in [-0.3, -0.25) is 4.79 Å². The van der Waals surface area contributed by atoms with Crippen LogP contribution in [0.1, 0.15) is 0 Å². The van der Waals surface area contributed by atoms with Crippen LogP contribution in [0.25, 0.3) is 0 Å². The molecule has 118 valence electrons. The van der Waals surface area contributed by atoms with Gasteiger partial charge < -0.3 is 0 Å². The number of allylic oxidation sites excluding steroid dienone is 2. The summed E-state index contributed by atoms with van der Waals surface area (Å²) in [7, 11) is 0. The molecule has 0 heterocycles. The Morgan fingerprint density at radius 3 is 1.25 bits per heavy atom. The molecule has 1 nitrogen and oxygen atoms in total. The van der Waals surface area contributed by atoms with Crippen LogP contribution < -0.4 is 15.9 Å². The first-order valence-electron chi connectivity index (χ1n) is 7.90. The molecule has 0 fully saturated rings. The number of benzene rings is 3. The molecule has 0 N–H and O–H groups in total. The zero-order chi connectivity index (χ0) is 16.7. The van der Waals surface area contributed by atoms with Gasteiger partial charge in [0.2, 0.25) is 0 Å². The molecule has 0 radical (unpaired) electrons. The maximum Gasteiger partial charge on any atom is 0.142 e. The van der Waals surface area contributed by atoms with E-state index in [4.69, 9.17) is 0 Å². The molecule has 0 aliphatic heterocycles. The Morgan fingerprint density at radius 1 is 0.542 bits per heavy atom. The lowest BCUT2D eigenvalue weighted by Gasteiger charge is -2.28. The fourth-order valence-corrected chi connectivity index (χ4v) is 6.61. The van der Waals surface area contributed by atoms with Gasteiger partial charge in [-0.15, -0.1) is 0 Å². The topological polar surface area (TPSA) is 17.1 Å². The largest absolute Gasteiger partial charge is 0.299 e. The van der Waals surface area contributed by atoms with Crippen molar-refractivity contribution >= 4 is 34.9 Å². The molecule has 0 aromatic heterocycles. The van der Waals surface area contributed by atoms with Gasteiger partial charge in [-0.1, -0.05) is 103 Å². The van der Waals surface area contributed by atoms with Crippen LogP contribution in [0.4, 0.5) is 0 Å². The molecule has 3 rings (SSSR count). The highest BCUT2D eigenvalue weighted by Crippen LogP contribution is 2.43. The molecule has 3 aromatic rings. The van der Waals surface area contributed by atoms with Crippen LogP contribution in [0, 0.1) is 0 Å². The zero-order valence-electron chi connectivity index (χ0n) is 13.3. The van der Waals surface area contributed by atoms with Crippen LogP contribution in [0.5, 0.6) is 0 Å². The third-order valence-corrected chi connectivity index (χ3v) is 7.95. The van der Waals surface area contributed by atoms with Crippen LogP contribution in [-0.2, 0) is 4.79 Å². The van der Waals surface area contributed by atoms with Gasteiger partial charge in [-0.25, -0.2) is 0 Å². The average Bonchev–Trinajstić information content (AvgIpc) is 2.68. The van der Waals surface area contributed by atoms with E-state index in [9.17, 15) is 4.79 Å². The molecule has 24 heavy (non-hydrogen) atoms. The molecule has 0 atom stereocenters. The molecule has 0 bridgehead atoms. The van der Waals surface area contributed by atoms with Gasteiger partial charge in [0.25, 0.3) is 0 Å². The first kappa shape index (κ1) is 16.2. The molecule has 0 aliphatic carbocycles. The maximum absolute atomic E-state index is 10.8. The van der Waals surface area contributed by atoms with E-state index >= 15 is 0 Å². The van der Waals surface area contributed by atoms with Crippen molar-refractivity contribution in [3.05, 3.63) is 103 Å². The molecule has 0 saturated heterocycles. The summed E-state index contributed by atoms with van der Waals surface area (Å²) in [5.74, 6) is 2.21. The van der Waals surface area contributed by atoms with E-state index in [1.807, 2.05) is 24.3 Å². The summed E-state index contributed by atoms with van der Waals surface area (Å²) in [5, 5.41) is 3.83. The Balaban J connectivity index is 2.40. The maximum atomic E-state index is 10.8. The van der Waals surface area contributed by atoms with Gasteiger partial charge in [0.05, 0.1) is 0 Å². The summed E-state index contributed by atoms with van der Waals surface area (Å²) < 4.78 is 0. The highest BCUT2D eigenvalue weighted by Gasteiger charge is 2.23. The third-order valence-electron chi connectivity index (χ3n) is 3.99. The van der Waals surface area contributed by atoms with Crippen LogP contribution in [0.2, 0.25) is 0 Å². The lowest BCUT2D eigenvalue weighted by Crippen LogP contribution is -2.26. The van der Waals surface area contributed by atoms with Crippen molar-refractivity contribution in [3.63, 3.8) is 0 Å². The summed E-state index contributed by atoms with van der Waals surface area (Å²) >= 11 is 0. The number of rotatable bonds is 5. The minimum absolute atomic E-state index is 0.826. The van der Waals surface area contributed by atoms with E-state index in [-0.39, 0.29) is 0 Å². The van der Waals surface area contributed by atoms with E-state index in [1.54, 1.807) is 6.08 Å². The van der Waals surface area contributed by atoms with Gasteiger partial charge in [0.1, 0.15) is 6.29 Å². The minimum atomic E-state index is -1.95. The normalized spacial score (nSPS) is 11.3. The van der Waals surface area contributed by atoms with Crippen molar-refractivity contribution in [1.29, 1.82) is 0 Å². The van der Waals surface area contributed by atoms with E-state index < -0.39 is 6.89 Å². The zero-order valence-corrected chi connectivity index (χ0v) is 14.2. The molecule has 0 unspecified atom stereocenters. The molecule has 0 saturated carbocycles. The van der Waals surface area contributed by atoms with Crippen molar-refractivity contribution in [3.8, 4) is 0 Å². The Morgan fingerprint density at radius 2 is 0.917 bits per heavy atom. The summed E-state index contributed by atoms with van der Waals surface area (Å²) in [5.41, 5.74) is 0. The van der Waals surface area contributed by atoms with E-state index in [0.29, 0.717) is 0 Å². The van der Waals surface area contributed by atoms with E-state index in [2.05, 4.69) is 78.6 Å². The number of hydrogen-bond acceptors (Lipinski definition) is 1. The van der Waals surface area contributed by atoms with Crippen LogP contribution in [0.15, 0.2) is 103 Å². The Bertz CT molecular complexity index is 762. The van der Waals surface area contributed by atoms with Crippen molar-refractivity contribution in [2.75, 3.05) is 0 Å². The van der Waals surface area contributed by atoms with Crippen LogP contribution in [-0.4, -0.2) is 12.1 Å². The summed E-state index contributed by atoms with van der Waals surface area (Å²) in [6.07, 6.45) is 4.27. The van der Waals surface area contributed by atoms with E-state index in [0.717, 1.165) is 6.29 Å². The van der Waals surface area contributed by atoms with Crippen LogP contribution in [0.3, 0.4) is 0 Å². The summed E-state index contributed by atoms with van der Waals surface area (Å²) in [4.78, 5) is 10.8. The molecule has 3 aromatic carbocycles. The first-order chi connectivity index (χ1) is 11.9. The SMILES string of the molecule is O=C/C=C/C=P(c1ccccc1)(c1ccccc1)c1ccccc1. The van der Waals surface area contributed by atoms with Gasteiger partial charge in [-0.2, -0.15) is 0 Å². The van der Waals surface area contributed by atoms with E-state index in [1.165, 1.54) is 15.9 Å². The van der Waals surface area contributed by atoms with Crippen LogP contribution >= 0.6 is 6.89 Å². The second kappa shape index (κ2) is 7.77. The number of carbonyl (C=O) groups is 1. The lowest BCUT2D eigenvalue weighted by atomic mass is 10.4. The van der Waals surface area contributed by atoms with Crippen molar-refractivity contribution in [2.24, 2.45) is 0 Å². The second-order valence-corrected chi connectivity index (χ2v) is 8.69. The Labute approximate surface area is 143 Å². The second-order valence-electron chi connectivity index (χ2n) is 5.40. The van der Waals surface area contributed by atoms with Gasteiger partial charge >= 0.3 is 0 Å². The molecule has 2 heteroatoms. The predicted molar refractivity (Wildman–Crippen MR) is 106 cm³/mol. The van der Waals surface area contributed by atoms with Crippen molar-refractivity contribution in [1.82, 2.24) is 0 Å². The summed E-state index contributed by atoms with van der Waals surface area (Å²) in [6, 6.07) is 31.6. The number of hydrogen-bond donors (Lipinski definition) is 0.